The van der Waals surface area contributed by atoms with Gasteiger partial charge in [-0.15, -0.1) is 11.3 Å². The van der Waals surface area contributed by atoms with E-state index >= 15 is 0 Å². The Bertz CT molecular complexity index is 1310. The van der Waals surface area contributed by atoms with Gasteiger partial charge >= 0.3 is 0 Å². The first-order chi connectivity index (χ1) is 15.5. The highest BCUT2D eigenvalue weighted by molar-refractivity contribution is 7.21. The highest BCUT2D eigenvalue weighted by Gasteiger charge is 2.10. The van der Waals surface area contributed by atoms with E-state index in [4.69, 9.17) is 9.72 Å². The molecule has 0 unspecified atom stereocenters. The lowest BCUT2D eigenvalue weighted by Crippen LogP contribution is -2.21. The molecule has 2 aromatic rings. The number of fused-ring (bicyclic) bond motifs is 2. The molecule has 0 atom stereocenters. The Morgan fingerprint density at radius 1 is 1.09 bits per heavy atom. The maximum absolute atomic E-state index is 12.4. The summed E-state index contributed by atoms with van der Waals surface area (Å²) in [5.74, 6) is 0.627. The van der Waals surface area contributed by atoms with Crippen molar-refractivity contribution >= 4 is 39.4 Å². The van der Waals surface area contributed by atoms with E-state index in [9.17, 15) is 9.59 Å². The average Bonchev–Trinajstić information content (AvgIpc) is 2.80. The second kappa shape index (κ2) is 9.70. The molecule has 1 heterocycles. The number of aromatic nitrogens is 1. The van der Waals surface area contributed by atoms with Crippen LogP contribution in [0.2, 0.25) is 0 Å². The van der Waals surface area contributed by atoms with Crippen LogP contribution in [0.3, 0.4) is 0 Å². The maximum atomic E-state index is 12.4. The molecule has 1 aliphatic heterocycles. The minimum Gasteiger partial charge on any atom is -0.494 e. The van der Waals surface area contributed by atoms with E-state index in [0.29, 0.717) is 30.8 Å². The van der Waals surface area contributed by atoms with Gasteiger partial charge in [-0.3, -0.25) is 9.59 Å². The van der Waals surface area contributed by atoms with Gasteiger partial charge in [0.1, 0.15) is 26.1 Å². The van der Waals surface area contributed by atoms with E-state index in [1.165, 1.54) is 0 Å². The zero-order valence-corrected chi connectivity index (χ0v) is 18.8. The highest BCUT2D eigenvalue weighted by atomic mass is 32.1. The molecule has 4 rings (SSSR count). The van der Waals surface area contributed by atoms with Crippen molar-refractivity contribution in [2.24, 2.45) is 0 Å². The van der Waals surface area contributed by atoms with Gasteiger partial charge in [-0.25, -0.2) is 9.56 Å². The molecule has 0 radical (unpaired) electrons. The Morgan fingerprint density at radius 3 is 2.66 bits per heavy atom. The third-order valence-electron chi connectivity index (χ3n) is 5.00. The number of benzene rings is 3. The van der Waals surface area contributed by atoms with Crippen molar-refractivity contribution in [1.29, 1.82) is 0 Å². The van der Waals surface area contributed by atoms with Gasteiger partial charge in [0.25, 0.3) is 0 Å². The molecule has 1 amide bonds. The second-order valence-electron chi connectivity index (χ2n) is 7.63. The molecule has 0 saturated heterocycles. The van der Waals surface area contributed by atoms with Crippen LogP contribution < -0.4 is 20.0 Å². The number of ether oxygens (including phenoxy) is 1. The molecule has 0 fully saturated rings. The number of nitrogens with one attached hydrogen (secondary N) is 1. The fourth-order valence-corrected chi connectivity index (χ4v) is 4.30. The number of amides is 1. The number of hydrogen-bond acceptors (Lipinski definition) is 5. The van der Waals surface area contributed by atoms with E-state index in [1.807, 2.05) is 38.4 Å². The average molecular weight is 447 g/mol. The van der Waals surface area contributed by atoms with E-state index in [1.54, 1.807) is 35.6 Å². The van der Waals surface area contributed by atoms with Crippen LogP contribution in [0.1, 0.15) is 23.2 Å². The van der Waals surface area contributed by atoms with E-state index in [0.717, 1.165) is 38.1 Å². The molecular weight excluding hydrogens is 422 g/mol. The summed E-state index contributed by atoms with van der Waals surface area (Å²) in [5, 5.41) is 4.09. The number of carbonyl (C=O) groups excluding carboxylic acids is 2. The SMILES string of the molecule is C[N+](C)=c1ccc2nc3ccc(NC(=O)CCCOc4ccc(C=O)cc4)cc3sc-2c1. The fraction of sp³-hybridized carbons (Fsp3) is 0.200. The van der Waals surface area contributed by atoms with Gasteiger partial charge in [0, 0.05) is 29.8 Å². The maximum Gasteiger partial charge on any atom is 0.224 e. The first-order valence-electron chi connectivity index (χ1n) is 10.3. The predicted octanol–water partition coefficient (Wildman–Crippen LogP) is 4.04. The second-order valence-corrected chi connectivity index (χ2v) is 8.71. The van der Waals surface area contributed by atoms with Crippen molar-refractivity contribution in [2.75, 3.05) is 26.0 Å². The number of hydrogen-bond donors (Lipinski definition) is 1. The molecule has 0 saturated carbocycles. The fourth-order valence-electron chi connectivity index (χ4n) is 3.26. The standard InChI is InChI=1S/C25H23N3O3S/c1-28(2)19-8-12-22-24(15-19)32-23-14-18(7-11-21(23)27-22)26-25(30)4-3-13-31-20-9-5-17(16-29)6-10-20/h5-12,14-16H,3-4,13H2,1-2H3/p+1. The molecule has 1 aliphatic carbocycles. The van der Waals surface area contributed by atoms with Crippen LogP contribution in [-0.4, -0.2) is 37.9 Å². The van der Waals surface area contributed by atoms with Gasteiger partial charge in [0.15, 0.2) is 0 Å². The van der Waals surface area contributed by atoms with Crippen molar-refractivity contribution in [1.82, 2.24) is 9.56 Å². The third-order valence-corrected chi connectivity index (χ3v) is 6.09. The van der Waals surface area contributed by atoms with Crippen molar-refractivity contribution < 1.29 is 14.3 Å². The first-order valence-corrected chi connectivity index (χ1v) is 11.2. The topological polar surface area (TPSA) is 71.3 Å². The minimum atomic E-state index is -0.0575. The molecule has 2 aromatic carbocycles. The summed E-state index contributed by atoms with van der Waals surface area (Å²) in [5.41, 5.74) is 3.24. The smallest absolute Gasteiger partial charge is 0.224 e. The summed E-state index contributed by atoms with van der Waals surface area (Å²) >= 11 is 1.66. The van der Waals surface area contributed by atoms with E-state index in [2.05, 4.69) is 22.0 Å². The van der Waals surface area contributed by atoms with Gasteiger partial charge in [0.2, 0.25) is 11.3 Å². The molecule has 32 heavy (non-hydrogen) atoms. The van der Waals surface area contributed by atoms with E-state index in [-0.39, 0.29) is 5.91 Å². The molecule has 1 N–H and O–H groups in total. The van der Waals surface area contributed by atoms with Crippen LogP contribution in [-0.2, 0) is 4.79 Å². The van der Waals surface area contributed by atoms with Gasteiger partial charge in [-0.2, -0.15) is 0 Å². The molecule has 0 bridgehead atoms. The molecule has 162 valence electrons. The number of aldehydes is 1. The lowest BCUT2D eigenvalue weighted by atomic mass is 10.2. The monoisotopic (exact) mass is 446 g/mol. The summed E-state index contributed by atoms with van der Waals surface area (Å²) in [7, 11) is 4.03. The summed E-state index contributed by atoms with van der Waals surface area (Å²) < 4.78 is 8.71. The van der Waals surface area contributed by atoms with Crippen molar-refractivity contribution in [2.45, 2.75) is 12.8 Å². The van der Waals surface area contributed by atoms with Crippen molar-refractivity contribution in [3.63, 3.8) is 0 Å². The Hall–Kier alpha value is -3.58. The van der Waals surface area contributed by atoms with Crippen LogP contribution in [0.25, 0.3) is 20.8 Å². The Kier molecular flexibility index (Phi) is 6.56. The lowest BCUT2D eigenvalue weighted by molar-refractivity contribution is -0.116. The van der Waals surface area contributed by atoms with Gasteiger partial charge < -0.3 is 10.1 Å². The Balaban J connectivity index is 1.38. The Labute approximate surface area is 190 Å². The molecule has 0 spiro atoms. The van der Waals surface area contributed by atoms with Crippen LogP contribution in [0, 0.1) is 0 Å². The zero-order valence-electron chi connectivity index (χ0n) is 18.0. The quantitative estimate of drug-likeness (QED) is 0.201. The van der Waals surface area contributed by atoms with Gasteiger partial charge in [-0.05, 0) is 55.0 Å². The molecular formula is C25H24N3O3S+. The number of nitrogens with zero attached hydrogens (tertiary/aromatic N) is 2. The summed E-state index contributed by atoms with van der Waals surface area (Å²) in [6.45, 7) is 0.428. The lowest BCUT2D eigenvalue weighted by Gasteiger charge is -2.09. The predicted molar refractivity (Wildman–Crippen MR) is 129 cm³/mol. The van der Waals surface area contributed by atoms with Crippen molar-refractivity contribution in [3.8, 4) is 16.3 Å². The minimum absolute atomic E-state index is 0.0575. The van der Waals surface area contributed by atoms with Gasteiger partial charge in [0.05, 0.1) is 27.4 Å². The molecule has 7 heteroatoms. The van der Waals surface area contributed by atoms with Crippen LogP contribution in [0.4, 0.5) is 5.69 Å². The number of anilines is 1. The molecule has 2 aliphatic rings. The summed E-state index contributed by atoms with van der Waals surface area (Å²) in [6, 6.07) is 18.9. The molecule has 6 nitrogen and oxygen atoms in total. The zero-order chi connectivity index (χ0) is 22.5. The number of carbonyl (C=O) groups is 2. The Morgan fingerprint density at radius 2 is 1.91 bits per heavy atom. The summed E-state index contributed by atoms with van der Waals surface area (Å²) in [4.78, 5) is 28.9. The normalized spacial score (nSPS) is 10.8. The van der Waals surface area contributed by atoms with Crippen molar-refractivity contribution in [3.05, 3.63) is 71.6 Å². The van der Waals surface area contributed by atoms with E-state index < -0.39 is 0 Å². The number of rotatable bonds is 7. The van der Waals surface area contributed by atoms with Gasteiger partial charge in [-0.1, -0.05) is 0 Å². The first kappa shape index (κ1) is 21.6. The largest absolute Gasteiger partial charge is 0.494 e. The van der Waals surface area contributed by atoms with Crippen LogP contribution >= 0.6 is 11.3 Å². The van der Waals surface area contributed by atoms with Crippen LogP contribution in [0.15, 0.2) is 60.7 Å². The van der Waals surface area contributed by atoms with Crippen LogP contribution in [0.5, 0.6) is 5.75 Å². The third kappa shape index (κ3) is 5.18. The molecule has 0 aromatic heterocycles. The highest BCUT2D eigenvalue weighted by Crippen LogP contribution is 2.31. The summed E-state index contributed by atoms with van der Waals surface area (Å²) in [6.07, 6.45) is 1.74.